The van der Waals surface area contributed by atoms with Crippen LogP contribution in [0.15, 0.2) is 24.3 Å². The van der Waals surface area contributed by atoms with E-state index in [1.807, 2.05) is 30.3 Å². The average molecular weight is 261 g/mol. The fourth-order valence-electron chi connectivity index (χ4n) is 1.51. The Morgan fingerprint density at radius 3 is 2.74 bits per heavy atom. The third-order valence-electron chi connectivity index (χ3n) is 2.68. The molecule has 0 aromatic heterocycles. The lowest BCUT2D eigenvalue weighted by Crippen LogP contribution is -2.29. The van der Waals surface area contributed by atoms with E-state index in [-0.39, 0.29) is 25.1 Å². The molecule has 1 aromatic carbocycles. The van der Waals surface area contributed by atoms with Gasteiger partial charge in [0.25, 0.3) is 5.91 Å². The van der Waals surface area contributed by atoms with Gasteiger partial charge in [0, 0.05) is 6.04 Å². The molecule has 0 spiro atoms. The third-order valence-corrected chi connectivity index (χ3v) is 2.68. The maximum absolute atomic E-state index is 11.2. The lowest BCUT2D eigenvalue weighted by atomic mass is 10.0. The SMILES string of the molecule is CCC(N)Cc1ccc(OCC(=O)NCC#N)cc1. The summed E-state index contributed by atoms with van der Waals surface area (Å²) in [5.74, 6) is 0.319. The van der Waals surface area contributed by atoms with Gasteiger partial charge in [-0.15, -0.1) is 0 Å². The van der Waals surface area contributed by atoms with Crippen LogP contribution < -0.4 is 15.8 Å². The van der Waals surface area contributed by atoms with E-state index in [0.29, 0.717) is 5.75 Å². The molecule has 1 aromatic rings. The number of nitrogens with two attached hydrogens (primary N) is 1. The minimum absolute atomic E-state index is 0.00393. The normalized spacial score (nSPS) is 11.4. The zero-order chi connectivity index (χ0) is 14.1. The first kappa shape index (κ1) is 15.0. The van der Waals surface area contributed by atoms with Gasteiger partial charge in [-0.25, -0.2) is 0 Å². The van der Waals surface area contributed by atoms with Crippen molar-refractivity contribution in [2.75, 3.05) is 13.2 Å². The summed E-state index contributed by atoms with van der Waals surface area (Å²) in [4.78, 5) is 11.2. The fourth-order valence-corrected chi connectivity index (χ4v) is 1.51. The van der Waals surface area contributed by atoms with Crippen LogP contribution in [-0.2, 0) is 11.2 Å². The van der Waals surface area contributed by atoms with Gasteiger partial charge in [0.15, 0.2) is 6.61 Å². The van der Waals surface area contributed by atoms with Crippen LogP contribution in [0, 0.1) is 11.3 Å². The van der Waals surface area contributed by atoms with E-state index in [0.717, 1.165) is 18.4 Å². The molecular weight excluding hydrogens is 242 g/mol. The minimum Gasteiger partial charge on any atom is -0.484 e. The second-order valence-corrected chi connectivity index (χ2v) is 4.24. The predicted octanol–water partition coefficient (Wildman–Crippen LogP) is 0.985. The highest BCUT2D eigenvalue weighted by Gasteiger charge is 2.04. The van der Waals surface area contributed by atoms with Crippen LogP contribution in [0.25, 0.3) is 0 Å². The molecule has 3 N–H and O–H groups in total. The van der Waals surface area contributed by atoms with Crippen molar-refractivity contribution in [1.82, 2.24) is 5.32 Å². The zero-order valence-corrected chi connectivity index (χ0v) is 11.1. The van der Waals surface area contributed by atoms with Crippen LogP contribution in [0.1, 0.15) is 18.9 Å². The maximum Gasteiger partial charge on any atom is 0.258 e. The van der Waals surface area contributed by atoms with Crippen LogP contribution in [-0.4, -0.2) is 25.1 Å². The van der Waals surface area contributed by atoms with Gasteiger partial charge >= 0.3 is 0 Å². The molecule has 19 heavy (non-hydrogen) atoms. The molecule has 1 atom stereocenters. The number of nitrogens with zero attached hydrogens (tertiary/aromatic N) is 1. The molecule has 0 saturated carbocycles. The molecule has 0 aliphatic rings. The Kier molecular flexibility index (Phi) is 6.41. The number of nitrogens with one attached hydrogen (secondary N) is 1. The van der Waals surface area contributed by atoms with Crippen LogP contribution in [0.4, 0.5) is 0 Å². The minimum atomic E-state index is -0.307. The monoisotopic (exact) mass is 261 g/mol. The van der Waals surface area contributed by atoms with Crippen LogP contribution >= 0.6 is 0 Å². The number of ether oxygens (including phenoxy) is 1. The quantitative estimate of drug-likeness (QED) is 0.716. The second-order valence-electron chi connectivity index (χ2n) is 4.24. The number of rotatable bonds is 7. The molecule has 0 radical (unpaired) electrons. The fraction of sp³-hybridized carbons (Fsp3) is 0.429. The lowest BCUT2D eigenvalue weighted by Gasteiger charge is -2.10. The van der Waals surface area contributed by atoms with Crippen molar-refractivity contribution in [3.8, 4) is 11.8 Å². The van der Waals surface area contributed by atoms with Crippen molar-refractivity contribution in [2.45, 2.75) is 25.8 Å². The second kappa shape index (κ2) is 8.11. The Bertz CT molecular complexity index is 437. The topological polar surface area (TPSA) is 88.1 Å². The van der Waals surface area contributed by atoms with Gasteiger partial charge in [-0.2, -0.15) is 5.26 Å². The Balaban J connectivity index is 2.40. The molecule has 1 unspecified atom stereocenters. The number of nitriles is 1. The van der Waals surface area contributed by atoms with Crippen molar-refractivity contribution >= 4 is 5.91 Å². The van der Waals surface area contributed by atoms with E-state index >= 15 is 0 Å². The van der Waals surface area contributed by atoms with Crippen LogP contribution in [0.3, 0.4) is 0 Å². The van der Waals surface area contributed by atoms with Gasteiger partial charge in [0.2, 0.25) is 0 Å². The summed E-state index contributed by atoms with van der Waals surface area (Å²) in [5.41, 5.74) is 7.03. The van der Waals surface area contributed by atoms with Crippen molar-refractivity contribution in [3.05, 3.63) is 29.8 Å². The first-order chi connectivity index (χ1) is 9.15. The van der Waals surface area contributed by atoms with Gasteiger partial charge in [-0.05, 0) is 30.5 Å². The van der Waals surface area contributed by atoms with E-state index in [9.17, 15) is 4.79 Å². The molecular formula is C14H19N3O2. The van der Waals surface area contributed by atoms with Gasteiger partial charge in [0.05, 0.1) is 6.07 Å². The molecule has 0 heterocycles. The number of carbonyl (C=O) groups is 1. The Morgan fingerprint density at radius 2 is 2.16 bits per heavy atom. The molecule has 1 amide bonds. The Morgan fingerprint density at radius 1 is 1.47 bits per heavy atom. The highest BCUT2D eigenvalue weighted by Crippen LogP contribution is 2.13. The van der Waals surface area contributed by atoms with Crippen LogP contribution in [0.5, 0.6) is 5.75 Å². The molecule has 5 nitrogen and oxygen atoms in total. The van der Waals surface area contributed by atoms with Crippen molar-refractivity contribution in [1.29, 1.82) is 5.26 Å². The Hall–Kier alpha value is -2.06. The van der Waals surface area contributed by atoms with E-state index < -0.39 is 0 Å². The van der Waals surface area contributed by atoms with Gasteiger partial charge in [-0.1, -0.05) is 19.1 Å². The number of benzene rings is 1. The summed E-state index contributed by atoms with van der Waals surface area (Å²) in [6.07, 6.45) is 1.77. The number of amides is 1. The van der Waals surface area contributed by atoms with E-state index in [1.54, 1.807) is 0 Å². The Labute approximate surface area is 113 Å². The van der Waals surface area contributed by atoms with Crippen molar-refractivity contribution in [2.24, 2.45) is 5.73 Å². The number of carbonyl (C=O) groups excluding carboxylic acids is 1. The van der Waals surface area contributed by atoms with Crippen LogP contribution in [0.2, 0.25) is 0 Å². The maximum atomic E-state index is 11.2. The summed E-state index contributed by atoms with van der Waals surface area (Å²) >= 11 is 0. The standard InChI is InChI=1S/C14H19N3O2/c1-2-12(16)9-11-3-5-13(6-4-11)19-10-14(18)17-8-7-15/h3-6,12H,2,8-10,16H2,1H3,(H,17,18). The van der Waals surface area contributed by atoms with E-state index in [2.05, 4.69) is 12.2 Å². The van der Waals surface area contributed by atoms with Gasteiger partial charge in [-0.3, -0.25) is 4.79 Å². The van der Waals surface area contributed by atoms with Gasteiger partial charge < -0.3 is 15.8 Å². The third kappa shape index (κ3) is 5.89. The predicted molar refractivity (Wildman–Crippen MR) is 72.5 cm³/mol. The molecule has 0 aliphatic heterocycles. The summed E-state index contributed by atoms with van der Waals surface area (Å²) in [6, 6.07) is 9.51. The smallest absolute Gasteiger partial charge is 0.258 e. The molecule has 0 fully saturated rings. The molecule has 0 aliphatic carbocycles. The van der Waals surface area contributed by atoms with E-state index in [4.69, 9.17) is 15.7 Å². The largest absolute Gasteiger partial charge is 0.484 e. The summed E-state index contributed by atoms with van der Waals surface area (Å²) in [7, 11) is 0. The van der Waals surface area contributed by atoms with Crippen molar-refractivity contribution in [3.63, 3.8) is 0 Å². The molecule has 0 bridgehead atoms. The molecule has 0 saturated heterocycles. The average Bonchev–Trinajstić information content (AvgIpc) is 2.44. The summed E-state index contributed by atoms with van der Waals surface area (Å²) in [5, 5.41) is 10.7. The number of hydrogen-bond donors (Lipinski definition) is 2. The zero-order valence-electron chi connectivity index (χ0n) is 11.1. The summed E-state index contributed by atoms with van der Waals surface area (Å²) in [6.45, 7) is 1.97. The molecule has 5 heteroatoms. The summed E-state index contributed by atoms with van der Waals surface area (Å²) < 4.78 is 5.30. The molecule has 1 rings (SSSR count). The van der Waals surface area contributed by atoms with Gasteiger partial charge in [0.1, 0.15) is 12.3 Å². The number of hydrogen-bond acceptors (Lipinski definition) is 4. The first-order valence-electron chi connectivity index (χ1n) is 6.26. The van der Waals surface area contributed by atoms with Crippen molar-refractivity contribution < 1.29 is 9.53 Å². The lowest BCUT2D eigenvalue weighted by molar-refractivity contribution is -0.122. The first-order valence-corrected chi connectivity index (χ1v) is 6.26. The highest BCUT2D eigenvalue weighted by atomic mass is 16.5. The highest BCUT2D eigenvalue weighted by molar-refractivity contribution is 5.77. The molecule has 102 valence electrons. The van der Waals surface area contributed by atoms with E-state index in [1.165, 1.54) is 0 Å².